The molecule has 0 heterocycles. The molecule has 3 nitrogen and oxygen atoms in total. The first-order chi connectivity index (χ1) is 9.13. The molecule has 1 amide bonds. The number of nitriles is 1. The number of carbonyl (C=O) groups excluding carboxylic acids is 1. The topological polar surface area (TPSA) is 52.9 Å². The van der Waals surface area contributed by atoms with E-state index in [1.165, 1.54) is 0 Å². The minimum absolute atomic E-state index is 0.0435. The molecule has 0 spiro atoms. The summed E-state index contributed by atoms with van der Waals surface area (Å²) in [5.41, 5.74) is 2.77. The number of hydrogen-bond donors (Lipinski definition) is 1. The van der Waals surface area contributed by atoms with E-state index in [1.54, 1.807) is 17.8 Å². The minimum Gasteiger partial charge on any atom is -0.352 e. The largest absolute Gasteiger partial charge is 0.352 e. The molecule has 1 aromatic carbocycles. The van der Waals surface area contributed by atoms with Crippen molar-refractivity contribution in [2.24, 2.45) is 0 Å². The Morgan fingerprint density at radius 1 is 1.42 bits per heavy atom. The Bertz CT molecular complexity index is 499. The van der Waals surface area contributed by atoms with Crippen LogP contribution in [0.4, 0.5) is 0 Å². The van der Waals surface area contributed by atoms with Gasteiger partial charge in [-0.25, -0.2) is 0 Å². The highest BCUT2D eigenvalue weighted by Crippen LogP contribution is 2.15. The number of nitrogens with zero attached hydrogens (tertiary/aromatic N) is 1. The Labute approximate surface area is 118 Å². The summed E-state index contributed by atoms with van der Waals surface area (Å²) in [6.07, 6.45) is 1.59. The molecule has 0 aliphatic rings. The van der Waals surface area contributed by atoms with Gasteiger partial charge in [0.05, 0.1) is 11.6 Å². The summed E-state index contributed by atoms with van der Waals surface area (Å²) >= 11 is 1.71. The van der Waals surface area contributed by atoms with Crippen molar-refractivity contribution in [3.63, 3.8) is 0 Å². The normalized spacial score (nSPS) is 9.53. The zero-order valence-corrected chi connectivity index (χ0v) is 12.1. The average Bonchev–Trinajstić information content (AvgIpc) is 2.38. The average molecular weight is 274 g/mol. The van der Waals surface area contributed by atoms with Crippen LogP contribution in [-0.2, 0) is 10.5 Å². The number of nitrogens with one attached hydrogen (secondary N) is 1. The first-order valence-electron chi connectivity index (χ1n) is 6.12. The van der Waals surface area contributed by atoms with Gasteiger partial charge in [0.2, 0.25) is 5.91 Å². The number of amides is 1. The fourth-order valence-electron chi connectivity index (χ4n) is 1.50. The lowest BCUT2D eigenvalue weighted by Gasteiger charge is -2.04. The quantitative estimate of drug-likeness (QED) is 0.641. The molecule has 4 heteroatoms. The lowest BCUT2D eigenvalue weighted by molar-refractivity contribution is -0.116. The van der Waals surface area contributed by atoms with Gasteiger partial charge in [0.1, 0.15) is 0 Å². The first-order valence-corrected chi connectivity index (χ1v) is 7.27. The Hall–Kier alpha value is -1.73. The van der Waals surface area contributed by atoms with Crippen molar-refractivity contribution in [2.45, 2.75) is 19.6 Å². The van der Waals surface area contributed by atoms with Crippen LogP contribution in [0.25, 0.3) is 0 Å². The zero-order valence-electron chi connectivity index (χ0n) is 11.3. The van der Waals surface area contributed by atoms with Crippen molar-refractivity contribution in [2.75, 3.05) is 12.3 Å². The Kier molecular flexibility index (Phi) is 6.76. The summed E-state index contributed by atoms with van der Waals surface area (Å²) in [6, 6.07) is 9.78. The van der Waals surface area contributed by atoms with Gasteiger partial charge in [-0.15, -0.1) is 0 Å². The van der Waals surface area contributed by atoms with E-state index in [1.807, 2.05) is 38.1 Å². The highest BCUT2D eigenvalue weighted by Gasteiger charge is 2.01. The Balaban J connectivity index is 2.27. The van der Waals surface area contributed by atoms with E-state index < -0.39 is 0 Å². The van der Waals surface area contributed by atoms with E-state index >= 15 is 0 Å². The van der Waals surface area contributed by atoms with Gasteiger partial charge in [-0.2, -0.15) is 17.0 Å². The van der Waals surface area contributed by atoms with Crippen LogP contribution in [0.5, 0.6) is 0 Å². The lowest BCUT2D eigenvalue weighted by atomic mass is 10.1. The summed E-state index contributed by atoms with van der Waals surface area (Å²) in [5, 5.41) is 11.8. The van der Waals surface area contributed by atoms with Gasteiger partial charge in [-0.1, -0.05) is 23.8 Å². The Morgan fingerprint density at radius 3 is 2.84 bits per heavy atom. The molecule has 0 aliphatic carbocycles. The van der Waals surface area contributed by atoms with Crippen LogP contribution in [0, 0.1) is 11.3 Å². The third-order valence-corrected chi connectivity index (χ3v) is 3.37. The number of benzene rings is 1. The second-order valence-corrected chi connectivity index (χ2v) is 5.44. The van der Waals surface area contributed by atoms with Gasteiger partial charge in [-0.05, 0) is 25.5 Å². The van der Waals surface area contributed by atoms with Crippen LogP contribution in [0.1, 0.15) is 25.0 Å². The molecule has 0 unspecified atom stereocenters. The molecule has 19 heavy (non-hydrogen) atoms. The molecule has 0 saturated carbocycles. The maximum absolute atomic E-state index is 11.3. The third kappa shape index (κ3) is 6.12. The molecule has 0 saturated heterocycles. The van der Waals surface area contributed by atoms with Crippen LogP contribution < -0.4 is 5.32 Å². The monoisotopic (exact) mass is 274 g/mol. The molecular formula is C15H18N2OS. The molecule has 0 fully saturated rings. The van der Waals surface area contributed by atoms with Gasteiger partial charge in [0, 0.05) is 24.1 Å². The molecule has 0 aromatic heterocycles. The molecule has 1 N–H and O–H groups in total. The van der Waals surface area contributed by atoms with Crippen molar-refractivity contribution >= 4 is 17.7 Å². The van der Waals surface area contributed by atoms with E-state index in [2.05, 4.69) is 11.4 Å². The maximum Gasteiger partial charge on any atom is 0.243 e. The van der Waals surface area contributed by atoms with E-state index in [0.29, 0.717) is 6.54 Å². The fraction of sp³-hybridized carbons (Fsp3) is 0.333. The minimum atomic E-state index is -0.0435. The van der Waals surface area contributed by atoms with Crippen molar-refractivity contribution in [3.8, 4) is 6.07 Å². The predicted octanol–water partition coefficient (Wildman–Crippen LogP) is 2.87. The van der Waals surface area contributed by atoms with Crippen LogP contribution >= 0.6 is 11.8 Å². The van der Waals surface area contributed by atoms with Gasteiger partial charge >= 0.3 is 0 Å². The Morgan fingerprint density at radius 2 is 2.16 bits per heavy atom. The lowest BCUT2D eigenvalue weighted by Crippen LogP contribution is -2.23. The summed E-state index contributed by atoms with van der Waals surface area (Å²) in [7, 11) is 0. The van der Waals surface area contributed by atoms with Crippen LogP contribution in [-0.4, -0.2) is 18.2 Å². The molecule has 0 atom stereocenters. The zero-order chi connectivity index (χ0) is 14.1. The second kappa shape index (κ2) is 8.39. The molecule has 1 rings (SSSR count). The molecular weight excluding hydrogens is 256 g/mol. The summed E-state index contributed by atoms with van der Waals surface area (Å²) in [4.78, 5) is 11.3. The number of thioether (sulfide) groups is 1. The van der Waals surface area contributed by atoms with Crippen molar-refractivity contribution in [1.82, 2.24) is 5.32 Å². The molecule has 0 aliphatic heterocycles. The molecule has 0 bridgehead atoms. The highest BCUT2D eigenvalue weighted by atomic mass is 32.2. The first kappa shape index (κ1) is 15.3. The van der Waals surface area contributed by atoms with Crippen molar-refractivity contribution in [1.29, 1.82) is 5.26 Å². The van der Waals surface area contributed by atoms with E-state index in [-0.39, 0.29) is 5.91 Å². The van der Waals surface area contributed by atoms with Crippen LogP contribution in [0.2, 0.25) is 0 Å². The smallest absolute Gasteiger partial charge is 0.243 e. The highest BCUT2D eigenvalue weighted by molar-refractivity contribution is 7.98. The van der Waals surface area contributed by atoms with E-state index in [0.717, 1.165) is 28.2 Å². The maximum atomic E-state index is 11.3. The van der Waals surface area contributed by atoms with Crippen LogP contribution in [0.3, 0.4) is 0 Å². The fourth-order valence-corrected chi connectivity index (χ4v) is 2.36. The molecule has 0 radical (unpaired) electrons. The number of hydrogen-bond acceptors (Lipinski definition) is 3. The van der Waals surface area contributed by atoms with Gasteiger partial charge in [0.15, 0.2) is 0 Å². The summed E-state index contributed by atoms with van der Waals surface area (Å²) < 4.78 is 0. The third-order valence-electron chi connectivity index (χ3n) is 2.36. The second-order valence-electron chi connectivity index (χ2n) is 4.33. The molecule has 100 valence electrons. The summed E-state index contributed by atoms with van der Waals surface area (Å²) in [6.45, 7) is 4.43. The van der Waals surface area contributed by atoms with E-state index in [9.17, 15) is 4.79 Å². The number of allylic oxidation sites excluding steroid dienone is 1. The van der Waals surface area contributed by atoms with Gasteiger partial charge in [-0.3, -0.25) is 4.79 Å². The standard InChI is InChI=1S/C15H18N2OS/c1-12(2)9-15(18)17-7-8-19-11-14-6-4-3-5-13(14)10-16/h3-6,9H,7-8,11H2,1-2H3,(H,17,18). The number of rotatable bonds is 6. The van der Waals surface area contributed by atoms with Gasteiger partial charge < -0.3 is 5.32 Å². The predicted molar refractivity (Wildman–Crippen MR) is 79.8 cm³/mol. The summed E-state index contributed by atoms with van der Waals surface area (Å²) in [5.74, 6) is 1.59. The molecule has 1 aromatic rings. The SMILES string of the molecule is CC(C)=CC(=O)NCCSCc1ccccc1C#N. The number of carbonyl (C=O) groups is 1. The van der Waals surface area contributed by atoms with Crippen LogP contribution in [0.15, 0.2) is 35.9 Å². The van der Waals surface area contributed by atoms with Gasteiger partial charge in [0.25, 0.3) is 0 Å². The van der Waals surface area contributed by atoms with Crippen molar-refractivity contribution < 1.29 is 4.79 Å². The van der Waals surface area contributed by atoms with Crippen molar-refractivity contribution in [3.05, 3.63) is 47.0 Å². The van der Waals surface area contributed by atoms with E-state index in [4.69, 9.17) is 5.26 Å².